The number of hydrogen-bond acceptors (Lipinski definition) is 5. The van der Waals surface area contributed by atoms with Crippen molar-refractivity contribution in [1.82, 2.24) is 5.32 Å². The van der Waals surface area contributed by atoms with E-state index in [4.69, 9.17) is 9.47 Å². The Kier molecular flexibility index (Phi) is 7.95. The summed E-state index contributed by atoms with van der Waals surface area (Å²) in [4.78, 5) is 24.1. The van der Waals surface area contributed by atoms with Crippen molar-refractivity contribution < 1.29 is 19.1 Å². The van der Waals surface area contributed by atoms with Gasteiger partial charge in [-0.05, 0) is 30.0 Å². The smallest absolute Gasteiger partial charge is 0.252 e. The molecule has 2 N–H and O–H groups in total. The molecule has 0 radical (unpaired) electrons. The van der Waals surface area contributed by atoms with Crippen LogP contribution in [0, 0.1) is 0 Å². The first kappa shape index (κ1) is 19.8. The van der Waals surface area contributed by atoms with Crippen LogP contribution in [0.5, 0.6) is 11.5 Å². The summed E-state index contributed by atoms with van der Waals surface area (Å²) < 4.78 is 10.9. The molecule has 2 aromatic rings. The summed E-state index contributed by atoms with van der Waals surface area (Å²) in [5.74, 6) is 0.858. The van der Waals surface area contributed by atoms with E-state index >= 15 is 0 Å². The summed E-state index contributed by atoms with van der Waals surface area (Å²) in [6.45, 7) is 2.93. The predicted molar refractivity (Wildman–Crippen MR) is 103 cm³/mol. The molecular weight excluding hydrogens is 352 g/mol. The van der Waals surface area contributed by atoms with Gasteiger partial charge in [0.2, 0.25) is 5.91 Å². The molecule has 0 unspecified atom stereocenters. The average molecular weight is 376 g/mol. The number of anilines is 1. The Morgan fingerprint density at radius 2 is 2.08 bits per heavy atom. The maximum atomic E-state index is 12.2. The lowest BCUT2D eigenvalue weighted by Gasteiger charge is -2.14. The van der Waals surface area contributed by atoms with Crippen LogP contribution in [0.25, 0.3) is 0 Å². The van der Waals surface area contributed by atoms with Crippen molar-refractivity contribution >= 4 is 28.8 Å². The summed E-state index contributed by atoms with van der Waals surface area (Å²) in [7, 11) is 1.57. The van der Waals surface area contributed by atoms with Gasteiger partial charge in [-0.15, -0.1) is 0 Å². The van der Waals surface area contributed by atoms with Gasteiger partial charge in [-0.25, -0.2) is 0 Å². The first-order chi connectivity index (χ1) is 12.6. The summed E-state index contributed by atoms with van der Waals surface area (Å²) in [6, 6.07) is 7.04. The molecule has 7 heteroatoms. The van der Waals surface area contributed by atoms with E-state index in [0.717, 1.165) is 12.8 Å². The number of thiophene rings is 1. The third-order valence-corrected chi connectivity index (χ3v) is 4.32. The second kappa shape index (κ2) is 10.5. The average Bonchev–Trinajstić information content (AvgIpc) is 3.17. The number of rotatable bonds is 10. The predicted octanol–water partition coefficient (Wildman–Crippen LogP) is 3.69. The number of carbonyl (C=O) groups excluding carboxylic acids is 2. The summed E-state index contributed by atoms with van der Waals surface area (Å²) in [5, 5.41) is 9.17. The number of unbranched alkanes of at least 4 members (excludes halogenated alkanes) is 1. The van der Waals surface area contributed by atoms with Crippen molar-refractivity contribution in [2.45, 2.75) is 26.2 Å². The third kappa shape index (κ3) is 6.07. The van der Waals surface area contributed by atoms with E-state index in [1.807, 2.05) is 5.38 Å². The minimum Gasteiger partial charge on any atom is -0.497 e. The van der Waals surface area contributed by atoms with Gasteiger partial charge in [0.1, 0.15) is 11.5 Å². The van der Waals surface area contributed by atoms with Crippen LogP contribution < -0.4 is 20.1 Å². The van der Waals surface area contributed by atoms with Crippen LogP contribution in [0.3, 0.4) is 0 Å². The zero-order chi connectivity index (χ0) is 18.8. The highest BCUT2D eigenvalue weighted by atomic mass is 32.1. The highest BCUT2D eigenvalue weighted by Gasteiger charge is 2.11. The summed E-state index contributed by atoms with van der Waals surface area (Å²) in [6.07, 6.45) is 2.14. The van der Waals surface area contributed by atoms with Gasteiger partial charge in [0.05, 0.1) is 19.4 Å². The van der Waals surface area contributed by atoms with Gasteiger partial charge in [-0.3, -0.25) is 9.59 Å². The van der Waals surface area contributed by atoms with Gasteiger partial charge < -0.3 is 20.1 Å². The molecule has 0 atom stereocenters. The molecule has 0 spiro atoms. The topological polar surface area (TPSA) is 76.7 Å². The first-order valence-corrected chi connectivity index (χ1v) is 9.49. The van der Waals surface area contributed by atoms with Crippen LogP contribution in [0.2, 0.25) is 0 Å². The maximum Gasteiger partial charge on any atom is 0.252 e. The molecule has 0 aliphatic rings. The molecule has 26 heavy (non-hydrogen) atoms. The zero-order valence-corrected chi connectivity index (χ0v) is 15.9. The third-order valence-electron chi connectivity index (χ3n) is 3.64. The molecule has 6 nitrogen and oxygen atoms in total. The van der Waals surface area contributed by atoms with Gasteiger partial charge in [-0.2, -0.15) is 11.3 Å². The lowest BCUT2D eigenvalue weighted by atomic mass is 10.2. The molecule has 0 saturated heterocycles. The monoisotopic (exact) mass is 376 g/mol. The van der Waals surface area contributed by atoms with E-state index in [-0.39, 0.29) is 24.8 Å². The standard InChI is InChI=1S/C19H24N2O4S/c1-3-4-10-25-17-6-5-15(24-2)12-16(17)21-18(22)7-9-20-19(23)14-8-11-26-13-14/h5-6,8,11-13H,3-4,7,9-10H2,1-2H3,(H,20,23)(H,21,22). The van der Waals surface area contributed by atoms with Crippen molar-refractivity contribution in [2.75, 3.05) is 25.6 Å². The van der Waals surface area contributed by atoms with E-state index in [0.29, 0.717) is 29.4 Å². The lowest BCUT2D eigenvalue weighted by molar-refractivity contribution is -0.116. The molecule has 2 amide bonds. The van der Waals surface area contributed by atoms with Gasteiger partial charge in [0.25, 0.3) is 5.91 Å². The van der Waals surface area contributed by atoms with E-state index < -0.39 is 0 Å². The van der Waals surface area contributed by atoms with Crippen LogP contribution in [-0.2, 0) is 4.79 Å². The Balaban J connectivity index is 1.88. The minimum absolute atomic E-state index is 0.168. The van der Waals surface area contributed by atoms with E-state index in [9.17, 15) is 9.59 Å². The van der Waals surface area contributed by atoms with Gasteiger partial charge in [-0.1, -0.05) is 13.3 Å². The molecule has 0 aliphatic heterocycles. The molecule has 1 aromatic heterocycles. The number of carbonyl (C=O) groups is 2. The Morgan fingerprint density at radius 3 is 2.77 bits per heavy atom. The molecule has 0 fully saturated rings. The number of amides is 2. The summed E-state index contributed by atoms with van der Waals surface area (Å²) in [5.41, 5.74) is 1.17. The van der Waals surface area contributed by atoms with Crippen molar-refractivity contribution in [3.63, 3.8) is 0 Å². The molecule has 2 rings (SSSR count). The van der Waals surface area contributed by atoms with Crippen LogP contribution in [0.15, 0.2) is 35.0 Å². The second-order valence-corrected chi connectivity index (χ2v) is 6.41. The first-order valence-electron chi connectivity index (χ1n) is 8.55. The van der Waals surface area contributed by atoms with E-state index in [1.54, 1.807) is 36.8 Å². The van der Waals surface area contributed by atoms with Crippen LogP contribution in [0.1, 0.15) is 36.5 Å². The zero-order valence-electron chi connectivity index (χ0n) is 15.0. The number of ether oxygens (including phenoxy) is 2. The summed E-state index contributed by atoms with van der Waals surface area (Å²) >= 11 is 1.46. The highest BCUT2D eigenvalue weighted by Crippen LogP contribution is 2.29. The Labute approximate surface area is 157 Å². The van der Waals surface area contributed by atoms with Crippen molar-refractivity contribution in [3.05, 3.63) is 40.6 Å². The molecule has 0 saturated carbocycles. The van der Waals surface area contributed by atoms with Crippen molar-refractivity contribution in [1.29, 1.82) is 0 Å². The van der Waals surface area contributed by atoms with E-state index in [1.165, 1.54) is 11.3 Å². The lowest BCUT2D eigenvalue weighted by Crippen LogP contribution is -2.27. The Morgan fingerprint density at radius 1 is 1.23 bits per heavy atom. The van der Waals surface area contributed by atoms with Gasteiger partial charge in [0.15, 0.2) is 0 Å². The Hall–Kier alpha value is -2.54. The molecule has 1 heterocycles. The number of benzene rings is 1. The van der Waals surface area contributed by atoms with Gasteiger partial charge in [0, 0.05) is 30.0 Å². The quantitative estimate of drug-likeness (QED) is 0.620. The molecule has 140 valence electrons. The molecular formula is C19H24N2O4S. The highest BCUT2D eigenvalue weighted by molar-refractivity contribution is 7.08. The number of nitrogens with one attached hydrogen (secondary N) is 2. The van der Waals surface area contributed by atoms with E-state index in [2.05, 4.69) is 17.6 Å². The minimum atomic E-state index is -0.204. The normalized spacial score (nSPS) is 10.2. The second-order valence-electron chi connectivity index (χ2n) is 5.63. The fourth-order valence-corrected chi connectivity index (χ4v) is 2.82. The van der Waals surface area contributed by atoms with Crippen LogP contribution >= 0.6 is 11.3 Å². The SMILES string of the molecule is CCCCOc1ccc(OC)cc1NC(=O)CCNC(=O)c1ccsc1. The fraction of sp³-hybridized carbons (Fsp3) is 0.368. The van der Waals surface area contributed by atoms with Crippen molar-refractivity contribution in [3.8, 4) is 11.5 Å². The molecule has 1 aromatic carbocycles. The Bertz CT molecular complexity index is 716. The number of methoxy groups -OCH3 is 1. The fourth-order valence-electron chi connectivity index (χ4n) is 2.18. The molecule has 0 bridgehead atoms. The largest absolute Gasteiger partial charge is 0.497 e. The van der Waals surface area contributed by atoms with Crippen LogP contribution in [0.4, 0.5) is 5.69 Å². The van der Waals surface area contributed by atoms with Crippen LogP contribution in [-0.4, -0.2) is 32.1 Å². The van der Waals surface area contributed by atoms with Gasteiger partial charge >= 0.3 is 0 Å². The number of hydrogen-bond donors (Lipinski definition) is 2. The molecule has 0 aliphatic carbocycles. The van der Waals surface area contributed by atoms with Crippen molar-refractivity contribution in [2.24, 2.45) is 0 Å². The maximum absolute atomic E-state index is 12.2.